The van der Waals surface area contributed by atoms with Gasteiger partial charge in [0.2, 0.25) is 0 Å². The average Bonchev–Trinajstić information content (AvgIpc) is 2.76. The van der Waals surface area contributed by atoms with Crippen molar-refractivity contribution in [1.29, 1.82) is 0 Å². The predicted octanol–water partition coefficient (Wildman–Crippen LogP) is 2.58. The topological polar surface area (TPSA) is 74.4 Å². The van der Waals surface area contributed by atoms with Gasteiger partial charge in [-0.1, -0.05) is 15.9 Å². The number of carbonyl (C=O) groups is 1. The van der Waals surface area contributed by atoms with Gasteiger partial charge in [-0.05, 0) is 12.5 Å². The van der Waals surface area contributed by atoms with Gasteiger partial charge in [-0.2, -0.15) is 4.73 Å². The van der Waals surface area contributed by atoms with Gasteiger partial charge in [-0.15, -0.1) is 0 Å². The monoisotopic (exact) mass is 326 g/mol. The van der Waals surface area contributed by atoms with Crippen LogP contribution in [0, 0.1) is 10.1 Å². The Hall–Kier alpha value is -1.89. The molecule has 0 saturated heterocycles. The van der Waals surface area contributed by atoms with Crippen LogP contribution in [0.2, 0.25) is 0 Å². The second-order valence-corrected chi connectivity index (χ2v) is 4.66. The predicted molar refractivity (Wildman–Crippen MR) is 73.8 cm³/mol. The van der Waals surface area contributed by atoms with Crippen molar-refractivity contribution in [3.63, 3.8) is 0 Å². The number of nitrogens with zero attached hydrogens (tertiary/aromatic N) is 2. The van der Waals surface area contributed by atoms with E-state index >= 15 is 0 Å². The molecule has 6 nitrogen and oxygen atoms in total. The Kier molecular flexibility index (Phi) is 4.16. The summed E-state index contributed by atoms with van der Waals surface area (Å²) in [6.45, 7) is 0.490. The fourth-order valence-corrected chi connectivity index (χ4v) is 1.97. The standard InChI is InChI=1S/C12H11BrN2O4/c13-4-1-5-19-14-7-9(8-16)11-6-10(15(17)18)2-3-12(11)14/h2-3,6-8H,1,4-5H2. The third-order valence-electron chi connectivity index (χ3n) is 2.63. The van der Waals surface area contributed by atoms with Crippen molar-refractivity contribution in [1.82, 2.24) is 4.73 Å². The zero-order valence-corrected chi connectivity index (χ0v) is 11.5. The van der Waals surface area contributed by atoms with Crippen LogP contribution in [-0.4, -0.2) is 27.9 Å². The highest BCUT2D eigenvalue weighted by atomic mass is 79.9. The lowest BCUT2D eigenvalue weighted by Gasteiger charge is -2.06. The van der Waals surface area contributed by atoms with Crippen molar-refractivity contribution in [3.8, 4) is 0 Å². The Morgan fingerprint density at radius 3 is 2.89 bits per heavy atom. The number of hydrogen-bond acceptors (Lipinski definition) is 4. The van der Waals surface area contributed by atoms with E-state index in [1.807, 2.05) is 0 Å². The number of benzene rings is 1. The van der Waals surface area contributed by atoms with E-state index in [0.717, 1.165) is 11.8 Å². The Balaban J connectivity index is 2.44. The Morgan fingerprint density at radius 1 is 1.47 bits per heavy atom. The van der Waals surface area contributed by atoms with Gasteiger partial charge in [0.15, 0.2) is 6.29 Å². The molecule has 0 bridgehead atoms. The van der Waals surface area contributed by atoms with Crippen molar-refractivity contribution < 1.29 is 14.6 Å². The molecule has 7 heteroatoms. The molecule has 1 aromatic carbocycles. The smallest absolute Gasteiger partial charge is 0.270 e. The Labute approximate surface area is 117 Å². The van der Waals surface area contributed by atoms with E-state index in [1.165, 1.54) is 23.1 Å². The molecular weight excluding hydrogens is 316 g/mol. The number of aromatic nitrogens is 1. The first-order valence-corrected chi connectivity index (χ1v) is 6.73. The summed E-state index contributed by atoms with van der Waals surface area (Å²) in [5, 5.41) is 12.1. The van der Waals surface area contributed by atoms with Crippen molar-refractivity contribution in [2.75, 3.05) is 11.9 Å². The van der Waals surface area contributed by atoms with Crippen molar-refractivity contribution >= 4 is 38.8 Å². The lowest BCUT2D eigenvalue weighted by atomic mass is 10.2. The molecule has 0 fully saturated rings. The van der Waals surface area contributed by atoms with Crippen LogP contribution in [0.4, 0.5) is 5.69 Å². The van der Waals surface area contributed by atoms with Gasteiger partial charge >= 0.3 is 0 Å². The van der Waals surface area contributed by atoms with Gasteiger partial charge in [0.05, 0.1) is 16.6 Å². The fraction of sp³-hybridized carbons (Fsp3) is 0.250. The highest BCUT2D eigenvalue weighted by Gasteiger charge is 2.13. The first-order chi connectivity index (χ1) is 9.17. The van der Waals surface area contributed by atoms with Crippen LogP contribution in [0.5, 0.6) is 0 Å². The highest BCUT2D eigenvalue weighted by Crippen LogP contribution is 2.24. The van der Waals surface area contributed by atoms with Crippen LogP contribution in [-0.2, 0) is 0 Å². The number of halogens is 1. The second-order valence-electron chi connectivity index (χ2n) is 3.86. The van der Waals surface area contributed by atoms with E-state index in [1.54, 1.807) is 6.07 Å². The van der Waals surface area contributed by atoms with Gasteiger partial charge < -0.3 is 4.84 Å². The molecule has 100 valence electrons. The number of nitro groups is 1. The van der Waals surface area contributed by atoms with Crippen LogP contribution >= 0.6 is 15.9 Å². The summed E-state index contributed by atoms with van der Waals surface area (Å²) >= 11 is 3.30. The van der Waals surface area contributed by atoms with E-state index in [2.05, 4.69) is 15.9 Å². The Bertz CT molecular complexity index is 623. The molecule has 19 heavy (non-hydrogen) atoms. The molecule has 0 unspecified atom stereocenters. The summed E-state index contributed by atoms with van der Waals surface area (Å²) in [6, 6.07) is 4.35. The number of hydrogen-bond donors (Lipinski definition) is 0. The minimum Gasteiger partial charge on any atom is -0.414 e. The number of fused-ring (bicyclic) bond motifs is 1. The molecule has 0 aliphatic heterocycles. The number of rotatable bonds is 6. The third kappa shape index (κ3) is 2.76. The van der Waals surface area contributed by atoms with E-state index in [-0.39, 0.29) is 5.69 Å². The average molecular weight is 327 g/mol. The molecule has 0 radical (unpaired) electrons. The van der Waals surface area contributed by atoms with Crippen LogP contribution in [0.3, 0.4) is 0 Å². The SMILES string of the molecule is O=Cc1cn(OCCCBr)c2ccc([N+](=O)[O-])cc12. The first-order valence-electron chi connectivity index (χ1n) is 5.61. The first kappa shape index (κ1) is 13.5. The van der Waals surface area contributed by atoms with Crippen LogP contribution < -0.4 is 4.84 Å². The highest BCUT2D eigenvalue weighted by molar-refractivity contribution is 9.09. The van der Waals surface area contributed by atoms with E-state index in [9.17, 15) is 14.9 Å². The number of aldehydes is 1. The third-order valence-corrected chi connectivity index (χ3v) is 3.19. The number of carbonyl (C=O) groups excluding carboxylic acids is 1. The maximum Gasteiger partial charge on any atom is 0.270 e. The van der Waals surface area contributed by atoms with Gasteiger partial charge in [0.25, 0.3) is 5.69 Å². The summed E-state index contributed by atoms with van der Waals surface area (Å²) in [7, 11) is 0. The van der Waals surface area contributed by atoms with Crippen molar-refractivity contribution in [3.05, 3.63) is 40.1 Å². The van der Waals surface area contributed by atoms with Gasteiger partial charge in [-0.25, -0.2) is 0 Å². The number of non-ortho nitro benzene ring substituents is 1. The van der Waals surface area contributed by atoms with E-state index in [4.69, 9.17) is 4.84 Å². The molecule has 1 aromatic heterocycles. The van der Waals surface area contributed by atoms with Crippen LogP contribution in [0.1, 0.15) is 16.8 Å². The van der Waals surface area contributed by atoms with Crippen LogP contribution in [0.25, 0.3) is 10.9 Å². The molecule has 0 atom stereocenters. The number of alkyl halides is 1. The molecule has 0 aliphatic carbocycles. The fourth-order valence-electron chi connectivity index (χ4n) is 1.74. The zero-order valence-electron chi connectivity index (χ0n) is 9.91. The lowest BCUT2D eigenvalue weighted by Crippen LogP contribution is -2.11. The molecule has 2 rings (SSSR count). The normalized spacial score (nSPS) is 10.6. The summed E-state index contributed by atoms with van der Waals surface area (Å²) in [4.78, 5) is 26.7. The molecule has 0 saturated carbocycles. The van der Waals surface area contributed by atoms with Gasteiger partial charge in [-0.3, -0.25) is 14.9 Å². The molecule has 1 heterocycles. The van der Waals surface area contributed by atoms with Gasteiger partial charge in [0, 0.05) is 28.4 Å². The summed E-state index contributed by atoms with van der Waals surface area (Å²) in [6.07, 6.45) is 3.02. The Morgan fingerprint density at radius 2 is 2.26 bits per heavy atom. The van der Waals surface area contributed by atoms with Crippen molar-refractivity contribution in [2.24, 2.45) is 0 Å². The second kappa shape index (κ2) is 5.83. The zero-order chi connectivity index (χ0) is 13.8. The quantitative estimate of drug-likeness (QED) is 0.269. The molecule has 0 spiro atoms. The minimum absolute atomic E-state index is 0.0474. The molecule has 0 amide bonds. The molecule has 2 aromatic rings. The van der Waals surface area contributed by atoms with Crippen LogP contribution in [0.15, 0.2) is 24.4 Å². The summed E-state index contributed by atoms with van der Waals surface area (Å²) in [5.74, 6) is 0. The summed E-state index contributed by atoms with van der Waals surface area (Å²) < 4.78 is 1.48. The minimum atomic E-state index is -0.489. The molecule has 0 N–H and O–H groups in total. The van der Waals surface area contributed by atoms with Gasteiger partial charge in [0.1, 0.15) is 6.61 Å². The molecular formula is C12H11BrN2O4. The van der Waals surface area contributed by atoms with E-state index < -0.39 is 4.92 Å². The maximum atomic E-state index is 11.0. The summed E-state index contributed by atoms with van der Waals surface area (Å²) in [5.41, 5.74) is 0.966. The number of nitro benzene ring substituents is 1. The van der Waals surface area contributed by atoms with E-state index in [0.29, 0.717) is 29.4 Å². The molecule has 0 aliphatic rings. The maximum absolute atomic E-state index is 11.0. The largest absolute Gasteiger partial charge is 0.414 e. The van der Waals surface area contributed by atoms with Crippen molar-refractivity contribution in [2.45, 2.75) is 6.42 Å². The lowest BCUT2D eigenvalue weighted by molar-refractivity contribution is -0.384.